The Morgan fingerprint density at radius 1 is 1.11 bits per heavy atom. The number of hydrogen-bond acceptors (Lipinski definition) is 0. The summed E-state index contributed by atoms with van der Waals surface area (Å²) in [5.74, 6) is 1.58. The van der Waals surface area contributed by atoms with Gasteiger partial charge in [0.1, 0.15) is 0 Å². The molecule has 0 nitrogen and oxygen atoms in total. The van der Waals surface area contributed by atoms with Gasteiger partial charge in [0.2, 0.25) is 0 Å². The van der Waals surface area contributed by atoms with Crippen LogP contribution in [0.1, 0.15) is 71.6 Å². The van der Waals surface area contributed by atoms with E-state index in [1.165, 1.54) is 32.1 Å². The van der Waals surface area contributed by atoms with Crippen LogP contribution in [-0.2, 0) is 0 Å². The third-order valence-electron chi connectivity index (χ3n) is 4.52. The fraction of sp³-hybridized carbons (Fsp3) is 1.00. The Morgan fingerprint density at radius 3 is 2.44 bits per heavy atom. The highest BCUT2D eigenvalue weighted by molar-refractivity contribution is 4.74. The monoisotopic (exact) mass is 264 g/mol. The van der Waals surface area contributed by atoms with Crippen LogP contribution in [-0.4, -0.2) is 6.18 Å². The van der Waals surface area contributed by atoms with Crippen molar-refractivity contribution in [2.24, 2.45) is 17.8 Å². The summed E-state index contributed by atoms with van der Waals surface area (Å²) >= 11 is 0. The minimum Gasteiger partial charge on any atom is -0.171 e. The normalized spacial score (nSPS) is 27.8. The van der Waals surface area contributed by atoms with Crippen molar-refractivity contribution < 1.29 is 13.2 Å². The van der Waals surface area contributed by atoms with Crippen LogP contribution < -0.4 is 0 Å². The minimum absolute atomic E-state index is 0.229. The van der Waals surface area contributed by atoms with Gasteiger partial charge < -0.3 is 0 Å². The van der Waals surface area contributed by atoms with E-state index in [9.17, 15) is 13.2 Å². The van der Waals surface area contributed by atoms with Crippen LogP contribution in [0.5, 0.6) is 0 Å². The number of rotatable bonds is 5. The summed E-state index contributed by atoms with van der Waals surface area (Å²) in [6, 6.07) is 0. The first kappa shape index (κ1) is 15.8. The van der Waals surface area contributed by atoms with Crippen LogP contribution in [0.2, 0.25) is 0 Å². The quantitative estimate of drug-likeness (QED) is 0.537. The lowest BCUT2D eigenvalue weighted by Gasteiger charge is -2.23. The molecule has 0 N–H and O–H groups in total. The zero-order valence-electron chi connectivity index (χ0n) is 11.7. The zero-order valence-corrected chi connectivity index (χ0v) is 11.7. The molecule has 0 aromatic heterocycles. The van der Waals surface area contributed by atoms with Gasteiger partial charge in [-0.3, -0.25) is 0 Å². The largest absolute Gasteiger partial charge is 0.389 e. The molecule has 108 valence electrons. The average molecular weight is 264 g/mol. The second kappa shape index (κ2) is 7.40. The smallest absolute Gasteiger partial charge is 0.171 e. The van der Waals surface area contributed by atoms with Gasteiger partial charge in [-0.25, -0.2) is 0 Å². The van der Waals surface area contributed by atoms with E-state index in [-0.39, 0.29) is 5.92 Å². The van der Waals surface area contributed by atoms with Crippen molar-refractivity contribution in [3.63, 3.8) is 0 Å². The molecule has 3 atom stereocenters. The topological polar surface area (TPSA) is 0 Å². The molecule has 3 heteroatoms. The number of halogens is 3. The molecule has 1 aliphatic carbocycles. The summed E-state index contributed by atoms with van der Waals surface area (Å²) in [5, 5.41) is 0. The van der Waals surface area contributed by atoms with Gasteiger partial charge in [0, 0.05) is 6.42 Å². The van der Waals surface area contributed by atoms with Crippen LogP contribution >= 0.6 is 0 Å². The molecule has 0 aromatic rings. The standard InChI is InChI=1S/C15H27F3/c1-3-5-13-6-4-7-14(9-8-13)12(2)10-11-15(16,17)18/h12-14H,3-11H2,1-2H3. The summed E-state index contributed by atoms with van der Waals surface area (Å²) in [4.78, 5) is 0. The van der Waals surface area contributed by atoms with Gasteiger partial charge in [0.15, 0.2) is 0 Å². The van der Waals surface area contributed by atoms with E-state index < -0.39 is 12.6 Å². The van der Waals surface area contributed by atoms with Crippen molar-refractivity contribution >= 4 is 0 Å². The molecule has 0 bridgehead atoms. The van der Waals surface area contributed by atoms with E-state index in [0.29, 0.717) is 12.3 Å². The first-order valence-electron chi connectivity index (χ1n) is 7.49. The fourth-order valence-corrected chi connectivity index (χ4v) is 3.30. The maximum absolute atomic E-state index is 12.2. The van der Waals surface area contributed by atoms with Gasteiger partial charge >= 0.3 is 6.18 Å². The van der Waals surface area contributed by atoms with Gasteiger partial charge in [0.25, 0.3) is 0 Å². The molecule has 1 rings (SSSR count). The highest BCUT2D eigenvalue weighted by Gasteiger charge is 2.30. The fourth-order valence-electron chi connectivity index (χ4n) is 3.30. The van der Waals surface area contributed by atoms with Crippen molar-refractivity contribution in [1.82, 2.24) is 0 Å². The van der Waals surface area contributed by atoms with Crippen molar-refractivity contribution in [2.75, 3.05) is 0 Å². The van der Waals surface area contributed by atoms with E-state index >= 15 is 0 Å². The summed E-state index contributed by atoms with van der Waals surface area (Å²) in [6.45, 7) is 4.23. The Balaban J connectivity index is 2.33. The minimum atomic E-state index is -3.98. The molecule has 0 radical (unpaired) electrons. The first-order valence-corrected chi connectivity index (χ1v) is 7.49. The summed E-state index contributed by atoms with van der Waals surface area (Å²) in [7, 11) is 0. The second-order valence-corrected chi connectivity index (χ2v) is 6.05. The van der Waals surface area contributed by atoms with Gasteiger partial charge in [-0.1, -0.05) is 52.4 Å². The van der Waals surface area contributed by atoms with Crippen LogP contribution in [0.25, 0.3) is 0 Å². The van der Waals surface area contributed by atoms with E-state index in [1.54, 1.807) is 0 Å². The van der Waals surface area contributed by atoms with E-state index in [1.807, 2.05) is 6.92 Å². The molecule has 1 saturated carbocycles. The van der Waals surface area contributed by atoms with Gasteiger partial charge in [-0.05, 0) is 30.6 Å². The Morgan fingerprint density at radius 2 is 1.83 bits per heavy atom. The van der Waals surface area contributed by atoms with Gasteiger partial charge in [0.05, 0.1) is 0 Å². The summed E-state index contributed by atoms with van der Waals surface area (Å²) in [6.07, 6.45) is 4.27. The van der Waals surface area contributed by atoms with Gasteiger partial charge in [-0.15, -0.1) is 0 Å². The molecular formula is C15H27F3. The van der Waals surface area contributed by atoms with Crippen LogP contribution in [0.4, 0.5) is 13.2 Å². The molecule has 0 amide bonds. The molecule has 1 aliphatic rings. The molecule has 1 fully saturated rings. The maximum atomic E-state index is 12.2. The summed E-state index contributed by atoms with van der Waals surface area (Å²) in [5.41, 5.74) is 0. The predicted molar refractivity (Wildman–Crippen MR) is 69.4 cm³/mol. The van der Waals surface area contributed by atoms with Crippen LogP contribution in [0, 0.1) is 17.8 Å². The SMILES string of the molecule is CCCC1CCCC(C(C)CCC(F)(F)F)CC1. The molecule has 0 saturated heterocycles. The first-order chi connectivity index (χ1) is 8.42. The Hall–Kier alpha value is -0.210. The van der Waals surface area contributed by atoms with Crippen LogP contribution in [0.15, 0.2) is 0 Å². The molecule has 0 spiro atoms. The van der Waals surface area contributed by atoms with E-state index in [0.717, 1.165) is 18.8 Å². The molecule has 3 unspecified atom stereocenters. The van der Waals surface area contributed by atoms with Crippen molar-refractivity contribution in [3.8, 4) is 0 Å². The van der Waals surface area contributed by atoms with Crippen molar-refractivity contribution in [2.45, 2.75) is 77.8 Å². The Bertz CT molecular complexity index is 222. The predicted octanol–water partition coefficient (Wildman–Crippen LogP) is 5.96. The molecule has 18 heavy (non-hydrogen) atoms. The van der Waals surface area contributed by atoms with Crippen LogP contribution in [0.3, 0.4) is 0 Å². The maximum Gasteiger partial charge on any atom is 0.389 e. The van der Waals surface area contributed by atoms with Gasteiger partial charge in [-0.2, -0.15) is 13.2 Å². The van der Waals surface area contributed by atoms with E-state index in [4.69, 9.17) is 0 Å². The number of alkyl halides is 3. The second-order valence-electron chi connectivity index (χ2n) is 6.05. The third-order valence-corrected chi connectivity index (χ3v) is 4.52. The lowest BCUT2D eigenvalue weighted by atomic mass is 9.84. The zero-order chi connectivity index (χ0) is 13.6. The molecule has 0 aromatic carbocycles. The summed E-state index contributed by atoms with van der Waals surface area (Å²) < 4.78 is 36.7. The molecular weight excluding hydrogens is 237 g/mol. The van der Waals surface area contributed by atoms with E-state index in [2.05, 4.69) is 6.92 Å². The Kier molecular flexibility index (Phi) is 6.51. The molecule has 0 heterocycles. The highest BCUT2D eigenvalue weighted by Crippen LogP contribution is 2.36. The highest BCUT2D eigenvalue weighted by atomic mass is 19.4. The molecule has 0 aliphatic heterocycles. The third kappa shape index (κ3) is 6.10. The van der Waals surface area contributed by atoms with Crippen molar-refractivity contribution in [3.05, 3.63) is 0 Å². The average Bonchev–Trinajstić information content (AvgIpc) is 2.51. The number of hydrogen-bond donors (Lipinski definition) is 0. The Labute approximate surface area is 109 Å². The lowest BCUT2D eigenvalue weighted by molar-refractivity contribution is -0.138. The van der Waals surface area contributed by atoms with Crippen molar-refractivity contribution in [1.29, 1.82) is 0 Å². The lowest BCUT2D eigenvalue weighted by Crippen LogP contribution is -2.15.